The maximum absolute atomic E-state index is 10.1. The number of hydrogen-bond donors (Lipinski definition) is 1. The van der Waals surface area contributed by atoms with Crippen LogP contribution in [0, 0.1) is 6.92 Å². The monoisotopic (exact) mass is 290 g/mol. The standard InChI is InChI=1S/C17H26N2O2/c1-14-2-6-17(7-3-14)21-13-16(20)12-18-8-10-19(11-9-18)15-4-5-15/h2-3,6-7,15-16,20H,4-5,8-13H2,1H3. The van der Waals surface area contributed by atoms with Gasteiger partial charge in [0.2, 0.25) is 0 Å². The molecule has 4 heteroatoms. The zero-order valence-electron chi connectivity index (χ0n) is 12.9. The molecule has 0 spiro atoms. The molecule has 1 unspecified atom stereocenters. The third kappa shape index (κ3) is 4.43. The Morgan fingerprint density at radius 2 is 1.81 bits per heavy atom. The quantitative estimate of drug-likeness (QED) is 0.861. The Morgan fingerprint density at radius 1 is 1.14 bits per heavy atom. The molecule has 1 aromatic rings. The first-order valence-corrected chi connectivity index (χ1v) is 8.04. The van der Waals surface area contributed by atoms with Gasteiger partial charge in [-0.15, -0.1) is 0 Å². The van der Waals surface area contributed by atoms with Gasteiger partial charge in [-0.05, 0) is 31.9 Å². The smallest absolute Gasteiger partial charge is 0.119 e. The van der Waals surface area contributed by atoms with E-state index in [0.717, 1.165) is 38.0 Å². The molecule has 1 aliphatic heterocycles. The maximum Gasteiger partial charge on any atom is 0.119 e. The van der Waals surface area contributed by atoms with Gasteiger partial charge in [-0.3, -0.25) is 9.80 Å². The van der Waals surface area contributed by atoms with Crippen LogP contribution in [0.2, 0.25) is 0 Å². The molecule has 1 heterocycles. The average Bonchev–Trinajstić information content (AvgIpc) is 3.32. The maximum atomic E-state index is 10.1. The van der Waals surface area contributed by atoms with E-state index in [4.69, 9.17) is 4.74 Å². The lowest BCUT2D eigenvalue weighted by atomic mass is 10.2. The summed E-state index contributed by atoms with van der Waals surface area (Å²) in [5.74, 6) is 0.832. The van der Waals surface area contributed by atoms with Gasteiger partial charge in [-0.2, -0.15) is 0 Å². The SMILES string of the molecule is Cc1ccc(OCC(O)CN2CCN(C3CC3)CC2)cc1. The zero-order valence-corrected chi connectivity index (χ0v) is 12.9. The summed E-state index contributed by atoms with van der Waals surface area (Å²) in [5.41, 5.74) is 1.22. The van der Waals surface area contributed by atoms with E-state index in [9.17, 15) is 5.11 Å². The van der Waals surface area contributed by atoms with Crippen molar-refractivity contribution in [1.29, 1.82) is 0 Å². The number of aliphatic hydroxyl groups is 1. The van der Waals surface area contributed by atoms with Crippen LogP contribution in [0.5, 0.6) is 5.75 Å². The van der Waals surface area contributed by atoms with Crippen LogP contribution in [0.1, 0.15) is 18.4 Å². The number of β-amino-alcohol motifs (C(OH)–C–C–N with tert-alkyl or cyclic N) is 1. The Morgan fingerprint density at radius 3 is 2.43 bits per heavy atom. The summed E-state index contributed by atoms with van der Waals surface area (Å²) >= 11 is 0. The Kier molecular flexibility index (Phi) is 4.78. The van der Waals surface area contributed by atoms with Crippen LogP contribution in [0.15, 0.2) is 24.3 Å². The molecule has 0 radical (unpaired) electrons. The number of piperazine rings is 1. The molecule has 1 saturated carbocycles. The number of benzene rings is 1. The van der Waals surface area contributed by atoms with Crippen LogP contribution < -0.4 is 4.74 Å². The molecule has 116 valence electrons. The van der Waals surface area contributed by atoms with E-state index in [1.807, 2.05) is 24.3 Å². The first kappa shape index (κ1) is 14.8. The van der Waals surface area contributed by atoms with Crippen molar-refractivity contribution in [2.24, 2.45) is 0 Å². The fourth-order valence-corrected chi connectivity index (χ4v) is 2.93. The molecule has 0 amide bonds. The highest BCUT2D eigenvalue weighted by Crippen LogP contribution is 2.27. The second-order valence-electron chi connectivity index (χ2n) is 6.35. The molecule has 4 nitrogen and oxygen atoms in total. The summed E-state index contributed by atoms with van der Waals surface area (Å²) in [5, 5.41) is 10.1. The van der Waals surface area contributed by atoms with Crippen molar-refractivity contribution in [3.05, 3.63) is 29.8 Å². The number of aryl methyl sites for hydroxylation is 1. The van der Waals surface area contributed by atoms with Gasteiger partial charge in [0, 0.05) is 38.8 Å². The van der Waals surface area contributed by atoms with Crippen molar-refractivity contribution in [1.82, 2.24) is 9.80 Å². The lowest BCUT2D eigenvalue weighted by Crippen LogP contribution is -2.49. The van der Waals surface area contributed by atoms with E-state index in [0.29, 0.717) is 13.2 Å². The lowest BCUT2D eigenvalue weighted by molar-refractivity contribution is 0.0446. The van der Waals surface area contributed by atoms with Crippen molar-refractivity contribution >= 4 is 0 Å². The topological polar surface area (TPSA) is 35.9 Å². The van der Waals surface area contributed by atoms with Gasteiger partial charge in [0.25, 0.3) is 0 Å². The summed E-state index contributed by atoms with van der Waals surface area (Å²) in [6, 6.07) is 8.83. The molecule has 1 atom stereocenters. The van der Waals surface area contributed by atoms with Gasteiger partial charge >= 0.3 is 0 Å². The predicted octanol–water partition coefficient (Wildman–Crippen LogP) is 1.51. The molecule has 0 aromatic heterocycles. The second kappa shape index (κ2) is 6.77. The normalized spacial score (nSPS) is 22.2. The second-order valence-corrected chi connectivity index (χ2v) is 6.35. The Balaban J connectivity index is 1.36. The molecule has 0 bridgehead atoms. The molecule has 21 heavy (non-hydrogen) atoms. The molecular formula is C17H26N2O2. The third-order valence-corrected chi connectivity index (χ3v) is 4.40. The number of nitrogens with zero attached hydrogens (tertiary/aromatic N) is 2. The highest BCUT2D eigenvalue weighted by atomic mass is 16.5. The third-order valence-electron chi connectivity index (χ3n) is 4.40. The highest BCUT2D eigenvalue weighted by Gasteiger charge is 2.31. The van der Waals surface area contributed by atoms with Crippen molar-refractivity contribution in [2.45, 2.75) is 31.9 Å². The van der Waals surface area contributed by atoms with Crippen LogP contribution in [0.4, 0.5) is 0 Å². The average molecular weight is 290 g/mol. The Hall–Kier alpha value is -1.10. The highest BCUT2D eigenvalue weighted by molar-refractivity contribution is 5.26. The van der Waals surface area contributed by atoms with E-state index >= 15 is 0 Å². The van der Waals surface area contributed by atoms with Gasteiger partial charge in [0.05, 0.1) is 0 Å². The zero-order chi connectivity index (χ0) is 14.7. The molecule has 1 saturated heterocycles. The van der Waals surface area contributed by atoms with Crippen molar-refractivity contribution in [2.75, 3.05) is 39.3 Å². The largest absolute Gasteiger partial charge is 0.491 e. The van der Waals surface area contributed by atoms with Crippen molar-refractivity contribution in [3.63, 3.8) is 0 Å². The molecular weight excluding hydrogens is 264 g/mol. The van der Waals surface area contributed by atoms with E-state index in [1.54, 1.807) is 0 Å². The molecule has 1 aromatic carbocycles. The number of rotatable bonds is 6. The fourth-order valence-electron chi connectivity index (χ4n) is 2.93. The summed E-state index contributed by atoms with van der Waals surface area (Å²) in [7, 11) is 0. The Bertz CT molecular complexity index is 437. The summed E-state index contributed by atoms with van der Waals surface area (Å²) in [6.07, 6.45) is 2.35. The van der Waals surface area contributed by atoms with Crippen LogP contribution >= 0.6 is 0 Å². The molecule has 1 aliphatic carbocycles. The molecule has 1 N–H and O–H groups in total. The van der Waals surface area contributed by atoms with E-state index in [-0.39, 0.29) is 0 Å². The Labute approximate surface area is 127 Å². The van der Waals surface area contributed by atoms with E-state index in [2.05, 4.69) is 16.7 Å². The summed E-state index contributed by atoms with van der Waals surface area (Å²) < 4.78 is 5.65. The first-order valence-electron chi connectivity index (χ1n) is 8.04. The minimum absolute atomic E-state index is 0.367. The van der Waals surface area contributed by atoms with E-state index < -0.39 is 6.10 Å². The number of ether oxygens (including phenoxy) is 1. The minimum atomic E-state index is -0.418. The lowest BCUT2D eigenvalue weighted by Gasteiger charge is -2.35. The van der Waals surface area contributed by atoms with Gasteiger partial charge in [-0.25, -0.2) is 0 Å². The van der Waals surface area contributed by atoms with Crippen LogP contribution in [-0.2, 0) is 0 Å². The van der Waals surface area contributed by atoms with Crippen molar-refractivity contribution in [3.8, 4) is 5.75 Å². The minimum Gasteiger partial charge on any atom is -0.491 e. The van der Waals surface area contributed by atoms with Crippen LogP contribution in [0.25, 0.3) is 0 Å². The first-order chi connectivity index (χ1) is 10.2. The molecule has 2 aliphatic rings. The van der Waals surface area contributed by atoms with Gasteiger partial charge in [-0.1, -0.05) is 17.7 Å². The van der Waals surface area contributed by atoms with Gasteiger partial charge in [0.15, 0.2) is 0 Å². The molecule has 2 fully saturated rings. The predicted molar refractivity (Wildman–Crippen MR) is 83.7 cm³/mol. The van der Waals surface area contributed by atoms with Gasteiger partial charge < -0.3 is 9.84 Å². The number of hydrogen-bond acceptors (Lipinski definition) is 4. The van der Waals surface area contributed by atoms with Crippen molar-refractivity contribution < 1.29 is 9.84 Å². The number of aliphatic hydroxyl groups excluding tert-OH is 1. The van der Waals surface area contributed by atoms with Gasteiger partial charge in [0.1, 0.15) is 18.5 Å². The summed E-state index contributed by atoms with van der Waals surface area (Å²) in [4.78, 5) is 4.94. The molecule has 3 rings (SSSR count). The van der Waals surface area contributed by atoms with Crippen LogP contribution in [0.3, 0.4) is 0 Å². The summed E-state index contributed by atoms with van der Waals surface area (Å²) in [6.45, 7) is 7.57. The fraction of sp³-hybridized carbons (Fsp3) is 0.647. The van der Waals surface area contributed by atoms with Crippen LogP contribution in [-0.4, -0.2) is 66.4 Å². The van der Waals surface area contributed by atoms with E-state index in [1.165, 1.54) is 18.4 Å².